The van der Waals surface area contributed by atoms with Crippen LogP contribution in [0.2, 0.25) is 0 Å². The maximum absolute atomic E-state index is 12.9. The van der Waals surface area contributed by atoms with Crippen LogP contribution in [0.15, 0.2) is 24.3 Å². The predicted molar refractivity (Wildman–Crippen MR) is 106 cm³/mol. The number of anilines is 1. The number of carbonyl (C=O) groups is 2. The zero-order valence-corrected chi connectivity index (χ0v) is 16.4. The number of aromatic nitrogens is 2. The molecule has 0 bridgehead atoms. The second-order valence-electron chi connectivity index (χ2n) is 7.07. The number of nitrogens with one attached hydrogen (secondary N) is 1. The monoisotopic (exact) mass is 379 g/mol. The second-order valence-corrected chi connectivity index (χ2v) is 7.07. The Morgan fingerprint density at radius 3 is 2.93 bits per heavy atom. The molecule has 0 aliphatic carbocycles. The van der Waals surface area contributed by atoms with Crippen molar-refractivity contribution in [1.82, 2.24) is 14.5 Å². The second kappa shape index (κ2) is 8.70. The number of nitrogens with zero attached hydrogens (tertiary/aromatic N) is 4. The first-order valence-corrected chi connectivity index (χ1v) is 9.71. The molecule has 7 nitrogen and oxygen atoms in total. The van der Waals surface area contributed by atoms with Crippen LogP contribution in [0, 0.1) is 11.3 Å². The molecule has 1 aliphatic heterocycles. The van der Waals surface area contributed by atoms with Crippen LogP contribution in [0.3, 0.4) is 0 Å². The molecular weight excluding hydrogens is 354 g/mol. The van der Waals surface area contributed by atoms with Crippen molar-refractivity contribution < 1.29 is 9.59 Å². The Hall–Kier alpha value is -3.14. The molecule has 28 heavy (non-hydrogen) atoms. The summed E-state index contributed by atoms with van der Waals surface area (Å²) in [6.07, 6.45) is 4.62. The lowest BCUT2D eigenvalue weighted by molar-refractivity contribution is 0.0786. The van der Waals surface area contributed by atoms with Gasteiger partial charge in [-0.2, -0.15) is 5.26 Å². The highest BCUT2D eigenvalue weighted by molar-refractivity contribution is 6.03. The van der Waals surface area contributed by atoms with Crippen LogP contribution in [0.5, 0.6) is 0 Å². The number of unbranched alkanes of at least 4 members (excludes halogenated alkanes) is 1. The summed E-state index contributed by atoms with van der Waals surface area (Å²) in [5.74, 6) is -0.248. The standard InChI is InChI=1S/C21H25N5O2/c1-3-4-11-25(2)21(28)18-17-10-5-6-12-26(17)19(24-18)20(27)23-16-9-7-8-15(13-16)14-22/h7-9,13H,3-6,10-12H2,1-2H3,(H,23,27). The summed E-state index contributed by atoms with van der Waals surface area (Å²) in [5.41, 5.74) is 2.23. The number of imidazole rings is 1. The highest BCUT2D eigenvalue weighted by Crippen LogP contribution is 2.23. The number of benzene rings is 1. The zero-order chi connectivity index (χ0) is 20.1. The SMILES string of the molecule is CCCCN(C)C(=O)c1nc(C(=O)Nc2cccc(C#N)c2)n2c1CCCC2. The third-order valence-electron chi connectivity index (χ3n) is 4.97. The van der Waals surface area contributed by atoms with E-state index < -0.39 is 0 Å². The third kappa shape index (κ3) is 4.06. The van der Waals surface area contributed by atoms with Crippen LogP contribution in [-0.4, -0.2) is 39.9 Å². The average molecular weight is 379 g/mol. The fraction of sp³-hybridized carbons (Fsp3) is 0.429. The number of hydrogen-bond acceptors (Lipinski definition) is 4. The minimum Gasteiger partial charge on any atom is -0.340 e. The lowest BCUT2D eigenvalue weighted by atomic mass is 10.1. The van der Waals surface area contributed by atoms with Gasteiger partial charge in [0.05, 0.1) is 17.3 Å². The van der Waals surface area contributed by atoms with E-state index in [-0.39, 0.29) is 17.6 Å². The number of rotatable bonds is 6. The van der Waals surface area contributed by atoms with Gasteiger partial charge in [0.15, 0.2) is 5.82 Å². The maximum Gasteiger partial charge on any atom is 0.291 e. The van der Waals surface area contributed by atoms with Crippen LogP contribution in [-0.2, 0) is 13.0 Å². The topological polar surface area (TPSA) is 91.0 Å². The van der Waals surface area contributed by atoms with Crippen molar-refractivity contribution in [2.45, 2.75) is 45.6 Å². The quantitative estimate of drug-likeness (QED) is 0.834. The van der Waals surface area contributed by atoms with Crippen LogP contribution in [0.1, 0.15) is 65.0 Å². The van der Waals surface area contributed by atoms with Crippen molar-refractivity contribution >= 4 is 17.5 Å². The van der Waals surface area contributed by atoms with Gasteiger partial charge in [-0.3, -0.25) is 9.59 Å². The van der Waals surface area contributed by atoms with Crippen LogP contribution < -0.4 is 5.32 Å². The Bertz CT molecular complexity index is 925. The molecule has 2 amide bonds. The van der Waals surface area contributed by atoms with Crippen LogP contribution in [0.25, 0.3) is 0 Å². The van der Waals surface area contributed by atoms with Gasteiger partial charge in [0.25, 0.3) is 11.8 Å². The molecule has 3 rings (SSSR count). The van der Waals surface area contributed by atoms with E-state index >= 15 is 0 Å². The Morgan fingerprint density at radius 1 is 1.36 bits per heavy atom. The van der Waals surface area contributed by atoms with E-state index in [9.17, 15) is 9.59 Å². The summed E-state index contributed by atoms with van der Waals surface area (Å²) in [6, 6.07) is 8.79. The van der Waals surface area contributed by atoms with Crippen molar-refractivity contribution in [3.05, 3.63) is 47.0 Å². The van der Waals surface area contributed by atoms with E-state index in [1.54, 1.807) is 36.2 Å². The molecular formula is C21H25N5O2. The van der Waals surface area contributed by atoms with Crippen LogP contribution >= 0.6 is 0 Å². The summed E-state index contributed by atoms with van der Waals surface area (Å²) >= 11 is 0. The van der Waals surface area contributed by atoms with Gasteiger partial charge in [-0.1, -0.05) is 19.4 Å². The van der Waals surface area contributed by atoms with E-state index in [0.717, 1.165) is 37.8 Å². The Balaban J connectivity index is 1.89. The van der Waals surface area contributed by atoms with Gasteiger partial charge in [-0.15, -0.1) is 0 Å². The van der Waals surface area contributed by atoms with E-state index in [1.807, 2.05) is 4.57 Å². The largest absolute Gasteiger partial charge is 0.340 e. The number of fused-ring (bicyclic) bond motifs is 1. The molecule has 0 spiro atoms. The fourth-order valence-corrected chi connectivity index (χ4v) is 3.42. The molecule has 2 aromatic rings. The number of amides is 2. The zero-order valence-electron chi connectivity index (χ0n) is 16.4. The maximum atomic E-state index is 12.9. The summed E-state index contributed by atoms with van der Waals surface area (Å²) in [6.45, 7) is 3.43. The molecule has 7 heteroatoms. The minimum absolute atomic E-state index is 0.135. The predicted octanol–water partition coefficient (Wildman–Crippen LogP) is 3.22. The first-order valence-electron chi connectivity index (χ1n) is 9.71. The Morgan fingerprint density at radius 2 is 2.18 bits per heavy atom. The van der Waals surface area contributed by atoms with Gasteiger partial charge in [0.1, 0.15) is 5.69 Å². The highest BCUT2D eigenvalue weighted by atomic mass is 16.2. The number of carbonyl (C=O) groups excluding carboxylic acids is 2. The van der Waals surface area contributed by atoms with Gasteiger partial charge in [-0.25, -0.2) is 4.98 Å². The molecule has 0 saturated heterocycles. The molecule has 0 radical (unpaired) electrons. The van der Waals surface area contributed by atoms with E-state index in [4.69, 9.17) is 5.26 Å². The molecule has 1 N–H and O–H groups in total. The van der Waals surface area contributed by atoms with Crippen molar-refractivity contribution in [3.8, 4) is 6.07 Å². The normalized spacial score (nSPS) is 12.8. The molecule has 0 saturated carbocycles. The van der Waals surface area contributed by atoms with Gasteiger partial charge < -0.3 is 14.8 Å². The Labute approximate surface area is 165 Å². The summed E-state index contributed by atoms with van der Waals surface area (Å²) in [7, 11) is 1.78. The van der Waals surface area contributed by atoms with Crippen molar-refractivity contribution in [3.63, 3.8) is 0 Å². The Kier molecular flexibility index (Phi) is 6.09. The van der Waals surface area contributed by atoms with Crippen LogP contribution in [0.4, 0.5) is 5.69 Å². The molecule has 2 heterocycles. The van der Waals surface area contributed by atoms with Crippen molar-refractivity contribution in [1.29, 1.82) is 5.26 Å². The fourth-order valence-electron chi connectivity index (χ4n) is 3.42. The third-order valence-corrected chi connectivity index (χ3v) is 4.97. The lowest BCUT2D eigenvalue weighted by Gasteiger charge is -2.19. The van der Waals surface area contributed by atoms with Crippen molar-refractivity contribution in [2.24, 2.45) is 0 Å². The number of hydrogen-bond donors (Lipinski definition) is 1. The molecule has 1 aromatic heterocycles. The highest BCUT2D eigenvalue weighted by Gasteiger charge is 2.28. The molecule has 1 aliphatic rings. The minimum atomic E-state index is -0.367. The lowest BCUT2D eigenvalue weighted by Crippen LogP contribution is -2.29. The molecule has 1 aromatic carbocycles. The van der Waals surface area contributed by atoms with Gasteiger partial charge in [-0.05, 0) is 43.9 Å². The van der Waals surface area contributed by atoms with E-state index in [2.05, 4.69) is 23.3 Å². The van der Waals surface area contributed by atoms with E-state index in [0.29, 0.717) is 30.0 Å². The summed E-state index contributed by atoms with van der Waals surface area (Å²) in [4.78, 5) is 31.9. The molecule has 0 fully saturated rings. The summed E-state index contributed by atoms with van der Waals surface area (Å²) < 4.78 is 1.87. The first-order chi connectivity index (χ1) is 13.5. The van der Waals surface area contributed by atoms with Gasteiger partial charge in [0, 0.05) is 25.8 Å². The van der Waals surface area contributed by atoms with Gasteiger partial charge in [0.2, 0.25) is 0 Å². The first kappa shape index (κ1) is 19.6. The molecule has 0 unspecified atom stereocenters. The summed E-state index contributed by atoms with van der Waals surface area (Å²) in [5, 5.41) is 11.8. The number of nitriles is 1. The smallest absolute Gasteiger partial charge is 0.291 e. The molecule has 0 atom stereocenters. The van der Waals surface area contributed by atoms with E-state index in [1.165, 1.54) is 0 Å². The average Bonchev–Trinajstić information content (AvgIpc) is 3.11. The molecule has 146 valence electrons. The van der Waals surface area contributed by atoms with Crippen molar-refractivity contribution in [2.75, 3.05) is 18.9 Å². The van der Waals surface area contributed by atoms with Gasteiger partial charge >= 0.3 is 0 Å².